The zero-order valence-corrected chi connectivity index (χ0v) is 44.2. The minimum Gasteiger partial charge on any atom is -1.00 e. The molecule has 0 N–H and O–H groups in total. The van der Waals surface area contributed by atoms with Crippen molar-refractivity contribution in [3.63, 3.8) is 0 Å². The normalized spacial score (nSPS) is 12.3. The fraction of sp³-hybridized carbons (Fsp3) is 0.143. The van der Waals surface area contributed by atoms with Gasteiger partial charge < -0.3 is 24.8 Å². The summed E-state index contributed by atoms with van der Waals surface area (Å²) in [6, 6.07) is 51.5. The van der Waals surface area contributed by atoms with Crippen molar-refractivity contribution in [2.24, 2.45) is 0 Å². The van der Waals surface area contributed by atoms with Crippen molar-refractivity contribution < 1.29 is 71.5 Å². The van der Waals surface area contributed by atoms with Crippen LogP contribution in [0.25, 0.3) is 43.1 Å². The van der Waals surface area contributed by atoms with Crippen LogP contribution in [-0.4, -0.2) is 10.9 Å². The molecule has 0 spiro atoms. The summed E-state index contributed by atoms with van der Waals surface area (Å²) in [7, 11) is 0. The molecular weight excluding hydrogens is 982 g/mol. The van der Waals surface area contributed by atoms with Gasteiger partial charge in [-0.3, -0.25) is 0 Å². The minimum atomic E-state index is 0. The van der Waals surface area contributed by atoms with Crippen LogP contribution in [0.15, 0.2) is 170 Å². The SMILES string of the molecule is C[Si](C)=[Zr+2].C[Si](C)=[Zr+2].[C-]1=CCc2ccc3ccccc3c21.[C-]1=CCc2ccc3ccccc3c21.[C-]1=CCc2ccc3ccccc3c21.[C-]1=CCc2ccc3ccccc3c21.[Cl-].[Cl-]. The van der Waals surface area contributed by atoms with E-state index in [-0.39, 0.29) is 35.7 Å². The first-order chi connectivity index (χ1) is 29.3. The molecular formula is C56H48Cl2Si2Zr2-2. The third kappa shape index (κ3) is 12.8. The predicted molar refractivity (Wildman–Crippen MR) is 253 cm³/mol. The molecule has 4 aliphatic carbocycles. The van der Waals surface area contributed by atoms with Crippen molar-refractivity contribution >= 4 is 54.0 Å². The Bertz CT molecular complexity index is 2580. The van der Waals surface area contributed by atoms with Gasteiger partial charge in [-0.05, 0) is 0 Å². The molecule has 8 aromatic rings. The average Bonchev–Trinajstić information content (AvgIpc) is 4.11. The molecule has 0 atom stereocenters. The van der Waals surface area contributed by atoms with Crippen molar-refractivity contribution in [1.82, 2.24) is 0 Å². The first kappa shape index (κ1) is 49.6. The molecule has 0 amide bonds. The molecule has 304 valence electrons. The second-order valence-electron chi connectivity index (χ2n) is 15.5. The van der Waals surface area contributed by atoms with Gasteiger partial charge in [0.1, 0.15) is 0 Å². The summed E-state index contributed by atoms with van der Waals surface area (Å²) in [6.07, 6.45) is 25.9. The van der Waals surface area contributed by atoms with Crippen molar-refractivity contribution in [1.29, 1.82) is 0 Å². The largest absolute Gasteiger partial charge is 1.00 e. The standard InChI is InChI=1S/4C13H9.2C2H6Si.2ClH.2Zr/c4*1-2-6-12-10(4-1)8-9-11-5-3-7-13(11)12;2*1-3-2;;;;/h4*1-4,6,8-9H,5H2;2*1-2H3;2*1H;;/q4*-1;;;;;2*+2/p-2. The van der Waals surface area contributed by atoms with Gasteiger partial charge in [0.2, 0.25) is 0 Å². The van der Waals surface area contributed by atoms with Crippen LogP contribution in [0, 0.1) is 24.3 Å². The molecule has 12 rings (SSSR count). The van der Waals surface area contributed by atoms with E-state index in [0.29, 0.717) is 0 Å². The number of fused-ring (bicyclic) bond motifs is 12. The van der Waals surface area contributed by atoms with E-state index < -0.39 is 0 Å². The molecule has 4 aliphatic rings. The molecule has 0 nitrogen and oxygen atoms in total. The number of benzene rings is 8. The van der Waals surface area contributed by atoms with E-state index in [1.165, 1.54) is 87.6 Å². The Morgan fingerprint density at radius 2 is 0.516 bits per heavy atom. The molecule has 8 aromatic carbocycles. The first-order valence-electron chi connectivity index (χ1n) is 20.7. The molecule has 0 aliphatic heterocycles. The summed E-state index contributed by atoms with van der Waals surface area (Å²) in [5.41, 5.74) is 11.2. The summed E-state index contributed by atoms with van der Waals surface area (Å²) < 4.78 is 0. The van der Waals surface area contributed by atoms with Gasteiger partial charge in [0.25, 0.3) is 0 Å². The second-order valence-corrected chi connectivity index (χ2v) is 34.2. The van der Waals surface area contributed by atoms with E-state index in [1.807, 2.05) is 0 Å². The Morgan fingerprint density at radius 1 is 0.323 bits per heavy atom. The topological polar surface area (TPSA) is 0 Å². The fourth-order valence-electron chi connectivity index (χ4n) is 7.68. The smallest absolute Gasteiger partial charge is 0.0637 e. The zero-order valence-electron chi connectivity index (χ0n) is 35.8. The Kier molecular flexibility index (Phi) is 19.6. The number of rotatable bonds is 0. The maximum absolute atomic E-state index is 3.32. The second kappa shape index (κ2) is 24.6. The number of hydrogen-bond acceptors (Lipinski definition) is 0. The van der Waals surface area contributed by atoms with Gasteiger partial charge in [0.15, 0.2) is 0 Å². The maximum atomic E-state index is 3.32. The van der Waals surface area contributed by atoms with Crippen molar-refractivity contribution in [3.05, 3.63) is 239 Å². The van der Waals surface area contributed by atoms with Gasteiger partial charge in [-0.2, -0.15) is 70.9 Å². The molecule has 0 bridgehead atoms. The van der Waals surface area contributed by atoms with Crippen LogP contribution >= 0.6 is 0 Å². The van der Waals surface area contributed by atoms with Gasteiger partial charge in [0, 0.05) is 0 Å². The number of hydrogen-bond donors (Lipinski definition) is 0. The molecule has 6 heteroatoms. The van der Waals surface area contributed by atoms with Crippen LogP contribution in [0.4, 0.5) is 0 Å². The van der Waals surface area contributed by atoms with Gasteiger partial charge >= 0.3 is 83.7 Å². The summed E-state index contributed by atoms with van der Waals surface area (Å²) in [4.78, 5) is 0. The van der Waals surface area contributed by atoms with Crippen LogP contribution < -0.4 is 24.8 Å². The van der Waals surface area contributed by atoms with Crippen LogP contribution in [0.3, 0.4) is 0 Å². The van der Waals surface area contributed by atoms with E-state index >= 15 is 0 Å². The molecule has 0 radical (unpaired) electrons. The fourth-order valence-corrected chi connectivity index (χ4v) is 7.68. The monoisotopic (exact) mass is 1030 g/mol. The van der Waals surface area contributed by atoms with Crippen molar-refractivity contribution in [2.45, 2.75) is 51.9 Å². The molecule has 0 aromatic heterocycles. The molecule has 62 heavy (non-hydrogen) atoms. The Balaban J connectivity index is 0.000000146. The molecule has 0 saturated carbocycles. The summed E-state index contributed by atoms with van der Waals surface area (Å²) in [5.74, 6) is 0. The quantitative estimate of drug-likeness (QED) is 0.107. The summed E-state index contributed by atoms with van der Waals surface area (Å²) >= 11 is 3.48. The zero-order chi connectivity index (χ0) is 41.8. The molecule has 0 saturated heterocycles. The third-order valence-electron chi connectivity index (χ3n) is 10.3. The Morgan fingerprint density at radius 3 is 0.726 bits per heavy atom. The van der Waals surface area contributed by atoms with E-state index in [4.69, 9.17) is 0 Å². The van der Waals surface area contributed by atoms with Crippen LogP contribution in [-0.2, 0) is 72.4 Å². The molecule has 0 fully saturated rings. The van der Waals surface area contributed by atoms with Gasteiger partial charge in [0.05, 0.1) is 0 Å². The van der Waals surface area contributed by atoms with Gasteiger partial charge in [-0.25, -0.2) is 0 Å². The summed E-state index contributed by atoms with van der Waals surface area (Å²) in [6.45, 7) is 9.23. The van der Waals surface area contributed by atoms with Crippen LogP contribution in [0.2, 0.25) is 26.2 Å². The van der Waals surface area contributed by atoms with Gasteiger partial charge in [-0.15, -0.1) is 92.3 Å². The van der Waals surface area contributed by atoms with Crippen molar-refractivity contribution in [3.8, 4) is 0 Å². The number of halogens is 2. The predicted octanol–water partition coefficient (Wildman–Crippen LogP) is 7.99. The Hall–Kier alpha value is -3.46. The van der Waals surface area contributed by atoms with E-state index in [1.54, 1.807) is 46.7 Å². The molecule has 0 heterocycles. The van der Waals surface area contributed by atoms with E-state index in [0.717, 1.165) is 25.7 Å². The van der Waals surface area contributed by atoms with Gasteiger partial charge in [-0.1, -0.05) is 144 Å². The van der Waals surface area contributed by atoms with E-state index in [2.05, 4.69) is 220 Å². The van der Waals surface area contributed by atoms with Crippen molar-refractivity contribution in [2.75, 3.05) is 0 Å². The summed E-state index contributed by atoms with van der Waals surface area (Å²) in [5, 5.41) is 10.5. The van der Waals surface area contributed by atoms with Crippen LogP contribution in [0.1, 0.15) is 44.5 Å². The van der Waals surface area contributed by atoms with E-state index in [9.17, 15) is 0 Å². The maximum Gasteiger partial charge on any atom is -0.0637 e. The number of allylic oxidation sites excluding steroid dienone is 4. The minimum absolute atomic E-state index is 0. The first-order valence-corrected chi connectivity index (χ1v) is 33.0. The van der Waals surface area contributed by atoms with Crippen LogP contribution in [0.5, 0.6) is 0 Å². The molecule has 0 unspecified atom stereocenters. The average molecular weight is 1030 g/mol. The Labute approximate surface area is 411 Å². The third-order valence-corrected chi connectivity index (χ3v) is 10.3.